The van der Waals surface area contributed by atoms with Crippen LogP contribution in [0.15, 0.2) is 36.4 Å². The third-order valence-corrected chi connectivity index (χ3v) is 5.40. The van der Waals surface area contributed by atoms with Crippen molar-refractivity contribution in [3.63, 3.8) is 0 Å². The van der Waals surface area contributed by atoms with Gasteiger partial charge in [0.05, 0.1) is 34.3 Å². The fourth-order valence-corrected chi connectivity index (χ4v) is 4.21. The summed E-state index contributed by atoms with van der Waals surface area (Å²) in [6.07, 6.45) is 0.0915. The molecule has 0 spiro atoms. The first-order valence-electron chi connectivity index (χ1n) is 8.04. The Morgan fingerprint density at radius 2 is 1.96 bits per heavy atom. The molecule has 2 aromatic carbocycles. The zero-order valence-electron chi connectivity index (χ0n) is 13.5. The van der Waals surface area contributed by atoms with Gasteiger partial charge in [0.15, 0.2) is 0 Å². The lowest BCUT2D eigenvalue weighted by Gasteiger charge is -2.37. The Hall–Kier alpha value is -2.08. The van der Waals surface area contributed by atoms with Gasteiger partial charge in [-0.15, -0.1) is 0 Å². The van der Waals surface area contributed by atoms with Gasteiger partial charge in [0.2, 0.25) is 0 Å². The van der Waals surface area contributed by atoms with E-state index in [-0.39, 0.29) is 12.2 Å². The van der Waals surface area contributed by atoms with Crippen LogP contribution in [0, 0.1) is 5.82 Å². The van der Waals surface area contributed by atoms with Crippen LogP contribution < -0.4 is 0 Å². The number of rotatable bonds is 3. The number of nitrogens with one attached hydrogen (secondary N) is 1. The predicted octanol–water partition coefficient (Wildman–Crippen LogP) is 4.90. The van der Waals surface area contributed by atoms with E-state index in [0.29, 0.717) is 27.7 Å². The van der Waals surface area contributed by atoms with Crippen molar-refractivity contribution in [2.24, 2.45) is 0 Å². The quantitative estimate of drug-likeness (QED) is 0.664. The van der Waals surface area contributed by atoms with Crippen molar-refractivity contribution in [1.82, 2.24) is 4.98 Å². The van der Waals surface area contributed by atoms with E-state index in [9.17, 15) is 14.3 Å². The summed E-state index contributed by atoms with van der Waals surface area (Å²) in [5.74, 6) is -1.63. The summed E-state index contributed by atoms with van der Waals surface area (Å²) in [6.45, 7) is 0.240. The molecule has 1 unspecified atom stereocenters. The van der Waals surface area contributed by atoms with Crippen LogP contribution in [0.2, 0.25) is 10.0 Å². The summed E-state index contributed by atoms with van der Waals surface area (Å²) in [5, 5.41) is 11.2. The molecule has 0 amide bonds. The SMILES string of the molecule is O=C(O)CC1(c2ccccc2F)OCCc2c1[nH]c1c(Cl)ccc(Cl)c21. The van der Waals surface area contributed by atoms with Crippen molar-refractivity contribution in [1.29, 1.82) is 0 Å². The van der Waals surface area contributed by atoms with Crippen LogP contribution in [0.3, 0.4) is 0 Å². The van der Waals surface area contributed by atoms with Crippen LogP contribution >= 0.6 is 23.2 Å². The second kappa shape index (κ2) is 6.27. The maximum Gasteiger partial charge on any atom is 0.307 e. The van der Waals surface area contributed by atoms with Crippen LogP contribution in [0.5, 0.6) is 0 Å². The lowest BCUT2D eigenvalue weighted by Crippen LogP contribution is -2.39. The number of aliphatic carboxylic acids is 1. The van der Waals surface area contributed by atoms with E-state index >= 15 is 0 Å². The second-order valence-corrected chi connectivity index (χ2v) is 7.05. The fraction of sp³-hybridized carbons (Fsp3) is 0.211. The second-order valence-electron chi connectivity index (χ2n) is 6.23. The molecule has 26 heavy (non-hydrogen) atoms. The third-order valence-electron chi connectivity index (χ3n) is 4.77. The maximum atomic E-state index is 14.6. The Balaban J connectivity index is 2.08. The number of benzene rings is 2. The van der Waals surface area contributed by atoms with Crippen LogP contribution in [0.25, 0.3) is 10.9 Å². The van der Waals surface area contributed by atoms with E-state index in [0.717, 1.165) is 10.9 Å². The molecule has 1 aliphatic rings. The average molecular weight is 394 g/mol. The minimum absolute atomic E-state index is 0.169. The number of aromatic nitrogens is 1. The minimum Gasteiger partial charge on any atom is -0.481 e. The lowest BCUT2D eigenvalue weighted by molar-refractivity contribution is -0.145. The maximum absolute atomic E-state index is 14.6. The van der Waals surface area contributed by atoms with Gasteiger partial charge in [-0.1, -0.05) is 41.4 Å². The number of hydrogen-bond acceptors (Lipinski definition) is 2. The molecule has 7 heteroatoms. The van der Waals surface area contributed by atoms with Gasteiger partial charge in [0.25, 0.3) is 0 Å². The number of hydrogen-bond donors (Lipinski definition) is 2. The van der Waals surface area contributed by atoms with E-state index in [1.54, 1.807) is 30.3 Å². The Morgan fingerprint density at radius 3 is 2.69 bits per heavy atom. The first-order valence-corrected chi connectivity index (χ1v) is 8.79. The monoisotopic (exact) mass is 393 g/mol. The van der Waals surface area contributed by atoms with Gasteiger partial charge in [-0.3, -0.25) is 4.79 Å². The zero-order valence-corrected chi connectivity index (χ0v) is 15.0. The molecule has 3 aromatic rings. The molecule has 0 radical (unpaired) electrons. The van der Waals surface area contributed by atoms with E-state index in [2.05, 4.69) is 4.98 Å². The van der Waals surface area contributed by atoms with Crippen LogP contribution in [-0.4, -0.2) is 22.7 Å². The van der Waals surface area contributed by atoms with E-state index in [1.165, 1.54) is 6.07 Å². The fourth-order valence-electron chi connectivity index (χ4n) is 3.74. The van der Waals surface area contributed by atoms with Crippen LogP contribution in [0.1, 0.15) is 23.2 Å². The molecule has 134 valence electrons. The Morgan fingerprint density at radius 1 is 1.23 bits per heavy atom. The highest BCUT2D eigenvalue weighted by molar-refractivity contribution is 6.40. The van der Waals surface area contributed by atoms with Gasteiger partial charge in [0.1, 0.15) is 11.4 Å². The summed E-state index contributed by atoms with van der Waals surface area (Å²) in [5.41, 5.74) is 0.587. The molecule has 0 fully saturated rings. The predicted molar refractivity (Wildman–Crippen MR) is 97.4 cm³/mol. The normalized spacial score (nSPS) is 19.5. The number of halogens is 3. The molecule has 2 N–H and O–H groups in total. The highest BCUT2D eigenvalue weighted by Crippen LogP contribution is 2.46. The molecule has 0 saturated carbocycles. The Labute approximate surface area is 158 Å². The summed E-state index contributed by atoms with van der Waals surface area (Å²) < 4.78 is 20.6. The zero-order chi connectivity index (χ0) is 18.5. The van der Waals surface area contributed by atoms with E-state index in [1.807, 2.05) is 0 Å². The standard InChI is InChI=1S/C19H14Cl2FNO3/c20-12-5-6-13(21)17-16(12)10-7-8-26-19(9-15(24)25,18(10)23-17)11-3-1-2-4-14(11)22/h1-6,23H,7-9H2,(H,24,25). The molecule has 1 aliphatic heterocycles. The van der Waals surface area contributed by atoms with Gasteiger partial charge >= 0.3 is 5.97 Å². The van der Waals surface area contributed by atoms with Crippen molar-refractivity contribution in [3.05, 3.63) is 69.1 Å². The van der Waals surface area contributed by atoms with Gasteiger partial charge in [-0.2, -0.15) is 0 Å². The number of H-pyrrole nitrogens is 1. The van der Waals surface area contributed by atoms with Gasteiger partial charge < -0.3 is 14.8 Å². The Kier molecular flexibility index (Phi) is 4.18. The van der Waals surface area contributed by atoms with Gasteiger partial charge in [-0.05, 0) is 30.2 Å². The van der Waals surface area contributed by atoms with Crippen LogP contribution in [0.4, 0.5) is 4.39 Å². The molecular weight excluding hydrogens is 380 g/mol. The molecule has 0 saturated heterocycles. The molecule has 0 aliphatic carbocycles. The number of ether oxygens (including phenoxy) is 1. The third kappa shape index (κ3) is 2.50. The van der Waals surface area contributed by atoms with E-state index < -0.39 is 23.8 Å². The smallest absolute Gasteiger partial charge is 0.307 e. The molecule has 4 rings (SSSR count). The van der Waals surface area contributed by atoms with Crippen molar-refractivity contribution >= 4 is 40.1 Å². The van der Waals surface area contributed by atoms with Crippen molar-refractivity contribution < 1.29 is 19.0 Å². The number of carboxylic acid groups (broad SMARTS) is 1. The average Bonchev–Trinajstić information content (AvgIpc) is 3.00. The van der Waals surface area contributed by atoms with Crippen molar-refractivity contribution in [2.75, 3.05) is 6.61 Å². The number of fused-ring (bicyclic) bond motifs is 3. The summed E-state index contributed by atoms with van der Waals surface area (Å²) in [4.78, 5) is 14.8. The first kappa shape index (κ1) is 17.3. The summed E-state index contributed by atoms with van der Waals surface area (Å²) in [7, 11) is 0. The molecular formula is C19H14Cl2FNO3. The molecule has 1 atom stereocenters. The molecule has 4 nitrogen and oxygen atoms in total. The lowest BCUT2D eigenvalue weighted by atomic mass is 9.82. The summed E-state index contributed by atoms with van der Waals surface area (Å²) in [6, 6.07) is 9.40. The van der Waals surface area contributed by atoms with Crippen molar-refractivity contribution in [3.8, 4) is 0 Å². The number of carboxylic acids is 1. The molecule has 2 heterocycles. The highest BCUT2D eigenvalue weighted by atomic mass is 35.5. The summed E-state index contributed by atoms with van der Waals surface area (Å²) >= 11 is 12.7. The van der Waals surface area contributed by atoms with E-state index in [4.69, 9.17) is 27.9 Å². The highest BCUT2D eigenvalue weighted by Gasteiger charge is 2.45. The van der Waals surface area contributed by atoms with Gasteiger partial charge in [-0.25, -0.2) is 4.39 Å². The Bertz CT molecular complexity index is 1030. The largest absolute Gasteiger partial charge is 0.481 e. The van der Waals surface area contributed by atoms with Crippen LogP contribution in [-0.2, 0) is 21.6 Å². The topological polar surface area (TPSA) is 62.3 Å². The number of aromatic amines is 1. The van der Waals surface area contributed by atoms with Gasteiger partial charge in [0, 0.05) is 10.9 Å². The molecule has 1 aromatic heterocycles. The first-order chi connectivity index (χ1) is 12.4. The van der Waals surface area contributed by atoms with Crippen molar-refractivity contribution in [2.45, 2.75) is 18.4 Å². The number of carbonyl (C=O) groups is 1. The minimum atomic E-state index is -1.48. The molecule has 0 bridgehead atoms.